The molecule has 12 heavy (non-hydrogen) atoms. The van der Waals surface area contributed by atoms with Gasteiger partial charge in [0.15, 0.2) is 0 Å². The van der Waals surface area contributed by atoms with Crippen LogP contribution in [0.2, 0.25) is 0 Å². The summed E-state index contributed by atoms with van der Waals surface area (Å²) in [5.74, 6) is 1.20. The Morgan fingerprint density at radius 3 is 2.58 bits per heavy atom. The predicted octanol–water partition coefficient (Wildman–Crippen LogP) is 1.25. The van der Waals surface area contributed by atoms with Crippen molar-refractivity contribution < 1.29 is 14.0 Å². The van der Waals surface area contributed by atoms with Gasteiger partial charge in [0, 0.05) is 0 Å². The summed E-state index contributed by atoms with van der Waals surface area (Å²) in [4.78, 5) is 8.82. The van der Waals surface area contributed by atoms with Crippen LogP contribution in [0, 0.1) is 11.8 Å². The molecule has 3 N–H and O–H groups in total. The lowest BCUT2D eigenvalue weighted by atomic mass is 9.98. The van der Waals surface area contributed by atoms with Crippen LogP contribution in [0.4, 0.5) is 0 Å². The molecule has 0 aromatic carbocycles. The molecule has 0 saturated heterocycles. The fraction of sp³-hybridized carbons (Fsp3) is 1.00. The first-order chi connectivity index (χ1) is 5.54. The van der Waals surface area contributed by atoms with Gasteiger partial charge in [-0.3, -0.25) is 4.52 Å². The summed E-state index contributed by atoms with van der Waals surface area (Å²) in [5, 5.41) is 0. The minimum absolute atomic E-state index is 0.0513. The van der Waals surface area contributed by atoms with E-state index < -0.39 is 7.75 Å². The Kier molecular flexibility index (Phi) is 2.04. The number of rotatable bonds is 2. The molecule has 0 aliphatic heterocycles. The highest BCUT2D eigenvalue weighted by atomic mass is 31.2. The predicted molar refractivity (Wildman–Crippen MR) is 44.3 cm³/mol. The molecule has 0 aromatic heterocycles. The average molecular weight is 191 g/mol. The smallest absolute Gasteiger partial charge is 0.313 e. The highest BCUT2D eigenvalue weighted by Crippen LogP contribution is 2.50. The molecule has 0 spiro atoms. The van der Waals surface area contributed by atoms with Gasteiger partial charge in [0.05, 0.1) is 6.10 Å². The molecule has 5 heteroatoms. The van der Waals surface area contributed by atoms with Gasteiger partial charge in [0.25, 0.3) is 0 Å². The van der Waals surface area contributed by atoms with Crippen molar-refractivity contribution in [1.82, 2.24) is 0 Å². The fourth-order valence-corrected chi connectivity index (χ4v) is 3.16. The van der Waals surface area contributed by atoms with Gasteiger partial charge < -0.3 is 4.89 Å². The molecule has 0 radical (unpaired) electrons. The van der Waals surface area contributed by atoms with Crippen LogP contribution in [0.25, 0.3) is 0 Å². The summed E-state index contributed by atoms with van der Waals surface area (Å²) in [6, 6.07) is 0. The maximum atomic E-state index is 10.8. The molecule has 2 bridgehead atoms. The van der Waals surface area contributed by atoms with E-state index in [1.807, 2.05) is 0 Å². The molecule has 0 amide bonds. The van der Waals surface area contributed by atoms with Crippen molar-refractivity contribution in [2.45, 2.75) is 31.8 Å². The first-order valence-corrected chi connectivity index (χ1v) is 5.99. The fourth-order valence-electron chi connectivity index (χ4n) is 2.51. The molecule has 2 fully saturated rings. The molecular formula is C7H14NO3P. The van der Waals surface area contributed by atoms with E-state index in [-0.39, 0.29) is 6.10 Å². The van der Waals surface area contributed by atoms with E-state index in [1.54, 1.807) is 0 Å². The van der Waals surface area contributed by atoms with Crippen LogP contribution >= 0.6 is 7.75 Å². The van der Waals surface area contributed by atoms with Gasteiger partial charge in [0.2, 0.25) is 0 Å². The van der Waals surface area contributed by atoms with Crippen LogP contribution < -0.4 is 5.50 Å². The second-order valence-electron chi connectivity index (χ2n) is 3.88. The Balaban J connectivity index is 1.95. The van der Waals surface area contributed by atoms with Crippen molar-refractivity contribution in [3.8, 4) is 0 Å². The van der Waals surface area contributed by atoms with Crippen LogP contribution in [0.15, 0.2) is 0 Å². The molecule has 4 atom stereocenters. The SMILES string of the molecule is NP(=O)(O)OC1CC2CCC1C2. The molecule has 0 heterocycles. The Bertz CT molecular complexity index is 227. The Labute approximate surface area is 71.7 Å². The van der Waals surface area contributed by atoms with Crippen molar-refractivity contribution >= 4 is 7.75 Å². The minimum atomic E-state index is -3.74. The van der Waals surface area contributed by atoms with Crippen molar-refractivity contribution in [3.05, 3.63) is 0 Å². The minimum Gasteiger partial charge on any atom is -0.313 e. The number of hydrogen-bond acceptors (Lipinski definition) is 2. The highest BCUT2D eigenvalue weighted by molar-refractivity contribution is 7.50. The van der Waals surface area contributed by atoms with Crippen molar-refractivity contribution in [1.29, 1.82) is 0 Å². The van der Waals surface area contributed by atoms with E-state index in [2.05, 4.69) is 0 Å². The maximum Gasteiger partial charge on any atom is 0.400 e. The molecule has 4 unspecified atom stereocenters. The number of nitrogens with two attached hydrogens (primary N) is 1. The van der Waals surface area contributed by atoms with Crippen LogP contribution in [0.5, 0.6) is 0 Å². The second kappa shape index (κ2) is 2.81. The Morgan fingerprint density at radius 1 is 1.42 bits per heavy atom. The van der Waals surface area contributed by atoms with Crippen LogP contribution in [0.3, 0.4) is 0 Å². The summed E-state index contributed by atoms with van der Waals surface area (Å²) in [6.07, 6.45) is 4.42. The molecule has 70 valence electrons. The molecule has 2 rings (SSSR count). The third kappa shape index (κ3) is 1.72. The average Bonchev–Trinajstić information content (AvgIpc) is 2.42. The van der Waals surface area contributed by atoms with E-state index in [0.717, 1.165) is 19.3 Å². The van der Waals surface area contributed by atoms with E-state index in [0.29, 0.717) is 11.8 Å². The van der Waals surface area contributed by atoms with E-state index in [9.17, 15) is 4.57 Å². The largest absolute Gasteiger partial charge is 0.400 e. The number of fused-ring (bicyclic) bond motifs is 2. The lowest BCUT2D eigenvalue weighted by molar-refractivity contribution is 0.120. The Hall–Kier alpha value is 0.110. The van der Waals surface area contributed by atoms with Crippen molar-refractivity contribution in [2.75, 3.05) is 0 Å². The first-order valence-electron chi connectivity index (χ1n) is 4.34. The summed E-state index contributed by atoms with van der Waals surface area (Å²) < 4.78 is 15.7. The van der Waals surface area contributed by atoms with Crippen molar-refractivity contribution in [2.24, 2.45) is 17.3 Å². The third-order valence-electron chi connectivity index (χ3n) is 2.96. The normalized spacial score (nSPS) is 44.7. The van der Waals surface area contributed by atoms with Gasteiger partial charge in [0.1, 0.15) is 0 Å². The first kappa shape index (κ1) is 8.70. The van der Waals surface area contributed by atoms with Crippen LogP contribution in [-0.2, 0) is 9.09 Å². The van der Waals surface area contributed by atoms with E-state index in [1.165, 1.54) is 6.42 Å². The zero-order chi connectivity index (χ0) is 8.77. The molecule has 2 aliphatic carbocycles. The van der Waals surface area contributed by atoms with E-state index in [4.69, 9.17) is 14.9 Å². The summed E-state index contributed by atoms with van der Waals surface area (Å²) >= 11 is 0. The Morgan fingerprint density at radius 2 is 2.17 bits per heavy atom. The lowest BCUT2D eigenvalue weighted by Crippen LogP contribution is -2.20. The van der Waals surface area contributed by atoms with Crippen molar-refractivity contribution in [3.63, 3.8) is 0 Å². The second-order valence-corrected chi connectivity index (χ2v) is 5.22. The summed E-state index contributed by atoms with van der Waals surface area (Å²) in [5.41, 5.74) is 4.94. The summed E-state index contributed by atoms with van der Waals surface area (Å²) in [7, 11) is -3.74. The van der Waals surface area contributed by atoms with E-state index >= 15 is 0 Å². The zero-order valence-electron chi connectivity index (χ0n) is 6.85. The van der Waals surface area contributed by atoms with Gasteiger partial charge in [-0.15, -0.1) is 0 Å². The monoisotopic (exact) mass is 191 g/mol. The molecule has 4 nitrogen and oxygen atoms in total. The van der Waals surface area contributed by atoms with Gasteiger partial charge in [-0.1, -0.05) is 0 Å². The molecule has 2 saturated carbocycles. The van der Waals surface area contributed by atoms with Gasteiger partial charge in [-0.2, -0.15) is 0 Å². The molecule has 2 aliphatic rings. The zero-order valence-corrected chi connectivity index (χ0v) is 7.74. The van der Waals surface area contributed by atoms with Crippen LogP contribution in [-0.4, -0.2) is 11.0 Å². The lowest BCUT2D eigenvalue weighted by Gasteiger charge is -2.22. The molecular weight excluding hydrogens is 177 g/mol. The highest BCUT2D eigenvalue weighted by Gasteiger charge is 2.42. The number of hydrogen-bond donors (Lipinski definition) is 2. The molecule has 0 aromatic rings. The third-order valence-corrected chi connectivity index (χ3v) is 3.53. The van der Waals surface area contributed by atoms with Gasteiger partial charge in [-0.25, -0.2) is 10.1 Å². The van der Waals surface area contributed by atoms with Crippen LogP contribution in [0.1, 0.15) is 25.7 Å². The summed E-state index contributed by atoms with van der Waals surface area (Å²) in [6.45, 7) is 0. The van der Waals surface area contributed by atoms with Gasteiger partial charge in [-0.05, 0) is 37.5 Å². The topological polar surface area (TPSA) is 72.6 Å². The maximum absolute atomic E-state index is 10.8. The van der Waals surface area contributed by atoms with Gasteiger partial charge >= 0.3 is 7.75 Å². The quantitative estimate of drug-likeness (QED) is 0.644. The standard InChI is InChI=1S/C7H14NO3P/c8-12(9,10)11-7-4-5-1-2-6(7)3-5/h5-7H,1-4H2,(H3,8,9,10).